The van der Waals surface area contributed by atoms with Crippen molar-refractivity contribution in [2.24, 2.45) is 0 Å². The number of nitrogens with one attached hydrogen (secondary N) is 1. The van der Waals surface area contributed by atoms with Crippen molar-refractivity contribution in [1.29, 1.82) is 0 Å². The Bertz CT molecular complexity index is 1320. The average Bonchev–Trinajstić information content (AvgIpc) is 3.21. The van der Waals surface area contributed by atoms with E-state index in [0.29, 0.717) is 0 Å². The molecule has 0 aromatic heterocycles. The maximum Gasteiger partial charge on any atom is 0.407 e. The first kappa shape index (κ1) is 28.8. The Morgan fingerprint density at radius 3 is 2.00 bits per heavy atom. The lowest BCUT2D eigenvalue weighted by molar-refractivity contribution is -0.136. The van der Waals surface area contributed by atoms with Crippen LogP contribution in [0.5, 0.6) is 5.75 Å². The van der Waals surface area contributed by atoms with E-state index in [-0.39, 0.29) is 29.1 Å². The third-order valence-electron chi connectivity index (χ3n) is 5.74. The zero-order valence-corrected chi connectivity index (χ0v) is 22.9. The molecule has 1 N–H and O–H groups in total. The average molecular weight is 580 g/mol. The summed E-state index contributed by atoms with van der Waals surface area (Å²) < 4.78 is 65.3. The van der Waals surface area contributed by atoms with E-state index in [1.165, 1.54) is 21.6 Å². The number of halogens is 4. The topological polar surface area (TPSA) is 64.6 Å². The number of hydrogen-bond acceptors (Lipinski definition) is 6. The molecule has 0 heterocycles. The second kappa shape index (κ2) is 11.9. The van der Waals surface area contributed by atoms with E-state index in [1.54, 1.807) is 0 Å². The summed E-state index contributed by atoms with van der Waals surface area (Å²) in [7, 11) is 2.59. The first-order chi connectivity index (χ1) is 18.5. The summed E-state index contributed by atoms with van der Waals surface area (Å²) in [6, 6.07) is 14.1. The van der Waals surface area contributed by atoms with Gasteiger partial charge in [0.25, 0.3) is 0 Å². The normalized spacial score (nSPS) is 13.4. The Kier molecular flexibility index (Phi) is 8.80. The number of fused-ring (bicyclic) bond motifs is 3. The van der Waals surface area contributed by atoms with Crippen LogP contribution in [0.15, 0.2) is 54.6 Å². The van der Waals surface area contributed by atoms with Gasteiger partial charge in [0.05, 0.1) is 0 Å². The molecule has 3 aromatic rings. The first-order valence-electron chi connectivity index (χ1n) is 11.9. The minimum Gasteiger partial charge on any atom is -0.449 e. The fourth-order valence-electron chi connectivity index (χ4n) is 4.04. The quantitative estimate of drug-likeness (QED) is 0.0999. The fraction of sp³-hybridized carbons (Fsp3) is 0.286. The monoisotopic (exact) mass is 579 g/mol. The summed E-state index contributed by atoms with van der Waals surface area (Å²) in [5.41, 5.74) is 4.04. The van der Waals surface area contributed by atoms with E-state index in [0.717, 1.165) is 22.3 Å². The van der Waals surface area contributed by atoms with Gasteiger partial charge in [-0.3, -0.25) is 0 Å². The van der Waals surface area contributed by atoms with E-state index >= 15 is 0 Å². The fourth-order valence-corrected chi connectivity index (χ4v) is 6.49. The van der Waals surface area contributed by atoms with Gasteiger partial charge in [-0.15, -0.1) is 0 Å². The van der Waals surface area contributed by atoms with E-state index in [9.17, 15) is 27.2 Å². The molecule has 11 heteroatoms. The van der Waals surface area contributed by atoms with Gasteiger partial charge in [-0.05, 0) is 22.3 Å². The molecule has 0 spiro atoms. The summed E-state index contributed by atoms with van der Waals surface area (Å²) in [4.78, 5) is 25.6. The van der Waals surface area contributed by atoms with Crippen molar-refractivity contribution in [2.75, 3.05) is 12.4 Å². The van der Waals surface area contributed by atoms with Crippen molar-refractivity contribution in [3.63, 3.8) is 0 Å². The van der Waals surface area contributed by atoms with Crippen molar-refractivity contribution in [1.82, 2.24) is 5.32 Å². The van der Waals surface area contributed by atoms with Gasteiger partial charge in [-0.1, -0.05) is 90.9 Å². The molecule has 1 unspecified atom stereocenters. The van der Waals surface area contributed by atoms with Crippen LogP contribution in [0.3, 0.4) is 0 Å². The van der Waals surface area contributed by atoms with Crippen molar-refractivity contribution >= 4 is 33.7 Å². The maximum absolute atomic E-state index is 14.1. The van der Waals surface area contributed by atoms with Gasteiger partial charge in [-0.2, -0.15) is 8.78 Å². The Balaban J connectivity index is 1.48. The Hall–Kier alpha value is -3.18. The van der Waals surface area contributed by atoms with Crippen LogP contribution < -0.4 is 10.1 Å². The van der Waals surface area contributed by atoms with Gasteiger partial charge in [0.2, 0.25) is 17.4 Å². The van der Waals surface area contributed by atoms with Crippen molar-refractivity contribution < 1.29 is 36.6 Å². The summed E-state index contributed by atoms with van der Waals surface area (Å²) >= 11 is 0. The van der Waals surface area contributed by atoms with Crippen LogP contribution in [0, 0.1) is 23.3 Å². The lowest BCUT2D eigenvalue weighted by Gasteiger charge is -2.21. The minimum atomic E-state index is -1.86. The molecule has 0 fully saturated rings. The standard InChI is InChI=1S/C28H25F4NO4S2/c1-28(2,3)39-38-14-22(26(34)37-25-23(31)20(29)12-21(30)24(25)32)33-27(35)36-13-19-17-10-6-4-8-15(17)16-9-5-7-11-18(16)19/h4-12,19,22H,13-14H2,1-3H3,(H,33,35). The van der Waals surface area contributed by atoms with Crippen molar-refractivity contribution in [3.8, 4) is 16.9 Å². The minimum absolute atomic E-state index is 0.00421. The van der Waals surface area contributed by atoms with Gasteiger partial charge < -0.3 is 14.8 Å². The van der Waals surface area contributed by atoms with Crippen LogP contribution in [-0.4, -0.2) is 35.2 Å². The second-order valence-corrected chi connectivity index (χ2v) is 12.9. The van der Waals surface area contributed by atoms with Gasteiger partial charge in [0, 0.05) is 22.5 Å². The van der Waals surface area contributed by atoms with Gasteiger partial charge in [0.1, 0.15) is 12.6 Å². The second-order valence-electron chi connectivity index (χ2n) is 9.72. The van der Waals surface area contributed by atoms with Gasteiger partial charge in [0.15, 0.2) is 11.6 Å². The third kappa shape index (κ3) is 6.70. The number of esters is 1. The predicted octanol–water partition coefficient (Wildman–Crippen LogP) is 7.24. The summed E-state index contributed by atoms with van der Waals surface area (Å²) in [6.07, 6.45) is -0.966. The van der Waals surface area contributed by atoms with Crippen LogP contribution in [0.25, 0.3) is 11.1 Å². The van der Waals surface area contributed by atoms with Crippen LogP contribution in [0.4, 0.5) is 22.4 Å². The molecule has 0 saturated carbocycles. The predicted molar refractivity (Wildman–Crippen MR) is 144 cm³/mol. The van der Waals surface area contributed by atoms with Crippen LogP contribution in [0.2, 0.25) is 0 Å². The van der Waals surface area contributed by atoms with Crippen molar-refractivity contribution in [3.05, 3.63) is 89.0 Å². The number of rotatable bonds is 8. The number of alkyl carbamates (subject to hydrolysis) is 1. The molecular weight excluding hydrogens is 554 g/mol. The highest BCUT2D eigenvalue weighted by molar-refractivity contribution is 8.77. The smallest absolute Gasteiger partial charge is 0.407 e. The molecule has 0 radical (unpaired) electrons. The highest BCUT2D eigenvalue weighted by Crippen LogP contribution is 2.44. The molecule has 0 aliphatic heterocycles. The number of benzene rings is 3. The highest BCUT2D eigenvalue weighted by atomic mass is 33.1. The Morgan fingerprint density at radius 2 is 1.46 bits per heavy atom. The Morgan fingerprint density at radius 1 is 0.923 bits per heavy atom. The van der Waals surface area contributed by atoms with Gasteiger partial charge >= 0.3 is 12.1 Å². The van der Waals surface area contributed by atoms with E-state index in [1.807, 2.05) is 69.3 Å². The van der Waals surface area contributed by atoms with Gasteiger partial charge in [-0.25, -0.2) is 18.4 Å². The molecular formula is C28H25F4NO4S2. The molecule has 1 amide bonds. The highest BCUT2D eigenvalue weighted by Gasteiger charge is 2.32. The van der Waals surface area contributed by atoms with Crippen molar-refractivity contribution in [2.45, 2.75) is 37.5 Å². The van der Waals surface area contributed by atoms with Crippen LogP contribution in [-0.2, 0) is 9.53 Å². The SMILES string of the molecule is CC(C)(C)SSCC(NC(=O)OCC1c2ccccc2-c2ccccc21)C(=O)Oc1c(F)c(F)cc(F)c1F. The molecule has 5 nitrogen and oxygen atoms in total. The molecule has 0 bridgehead atoms. The molecule has 1 aliphatic carbocycles. The largest absolute Gasteiger partial charge is 0.449 e. The summed E-state index contributed by atoms with van der Waals surface area (Å²) in [5, 5.41) is 2.36. The molecule has 3 aromatic carbocycles. The van der Waals surface area contributed by atoms with E-state index < -0.39 is 47.1 Å². The number of hydrogen-bond donors (Lipinski definition) is 1. The lowest BCUT2D eigenvalue weighted by atomic mass is 9.98. The van der Waals surface area contributed by atoms with Crippen LogP contribution >= 0.6 is 21.6 Å². The van der Waals surface area contributed by atoms with E-state index in [2.05, 4.69) is 5.32 Å². The lowest BCUT2D eigenvalue weighted by Crippen LogP contribution is -2.45. The number of carbonyl (C=O) groups excluding carboxylic acids is 2. The number of carbonyl (C=O) groups is 2. The Labute approximate surface area is 231 Å². The van der Waals surface area contributed by atoms with Crippen LogP contribution in [0.1, 0.15) is 37.8 Å². The summed E-state index contributed by atoms with van der Waals surface area (Å²) in [5.74, 6) is -10.3. The summed E-state index contributed by atoms with van der Waals surface area (Å²) in [6.45, 7) is 5.75. The molecule has 0 saturated heterocycles. The maximum atomic E-state index is 14.1. The molecule has 206 valence electrons. The molecule has 1 aliphatic rings. The zero-order valence-electron chi connectivity index (χ0n) is 21.2. The first-order valence-corrected chi connectivity index (χ1v) is 14.2. The molecule has 39 heavy (non-hydrogen) atoms. The molecule has 4 rings (SSSR count). The molecule has 1 atom stereocenters. The number of ether oxygens (including phenoxy) is 2. The third-order valence-corrected chi connectivity index (χ3v) is 9.09. The van der Waals surface area contributed by atoms with E-state index in [4.69, 9.17) is 9.47 Å². The number of amides is 1. The zero-order chi connectivity index (χ0) is 28.3.